The summed E-state index contributed by atoms with van der Waals surface area (Å²) in [4.78, 5) is 24.8. The highest BCUT2D eigenvalue weighted by Gasteiger charge is 2.35. The lowest BCUT2D eigenvalue weighted by Crippen LogP contribution is -2.35. The SMILES string of the molecule is O=C1c2ccccc2C(=O)N1CC(CCl)=NO. The number of imide groups is 1. The zero-order valence-electron chi connectivity index (χ0n) is 8.76. The second kappa shape index (κ2) is 4.55. The van der Waals surface area contributed by atoms with Gasteiger partial charge in [0, 0.05) is 0 Å². The van der Waals surface area contributed by atoms with Gasteiger partial charge in [0.25, 0.3) is 11.8 Å². The highest BCUT2D eigenvalue weighted by atomic mass is 35.5. The molecule has 0 saturated heterocycles. The quantitative estimate of drug-likeness (QED) is 0.290. The predicted molar refractivity (Wildman–Crippen MR) is 61.8 cm³/mol. The van der Waals surface area contributed by atoms with Crippen LogP contribution >= 0.6 is 11.6 Å². The highest BCUT2D eigenvalue weighted by Crippen LogP contribution is 2.22. The predicted octanol–water partition coefficient (Wildman–Crippen LogP) is 1.35. The molecule has 2 rings (SSSR count). The Morgan fingerprint density at radius 3 is 2.18 bits per heavy atom. The summed E-state index contributed by atoms with van der Waals surface area (Å²) in [6.07, 6.45) is 0. The number of fused-ring (bicyclic) bond motifs is 1. The van der Waals surface area contributed by atoms with Gasteiger partial charge in [0.2, 0.25) is 0 Å². The second-order valence-corrected chi connectivity index (χ2v) is 3.81. The summed E-state index contributed by atoms with van der Waals surface area (Å²) in [5, 5.41) is 11.6. The number of alkyl halides is 1. The van der Waals surface area contributed by atoms with E-state index in [1.807, 2.05) is 0 Å². The Bertz CT molecular complexity index is 478. The van der Waals surface area contributed by atoms with Gasteiger partial charge in [-0.2, -0.15) is 0 Å². The van der Waals surface area contributed by atoms with Crippen LogP contribution in [-0.2, 0) is 0 Å². The lowest BCUT2D eigenvalue weighted by molar-refractivity contribution is 0.0676. The number of nitrogens with zero attached hydrogens (tertiary/aromatic N) is 2. The van der Waals surface area contributed by atoms with Gasteiger partial charge in [-0.25, -0.2) is 0 Å². The number of oxime groups is 1. The number of hydrogen-bond donors (Lipinski definition) is 1. The molecule has 0 atom stereocenters. The van der Waals surface area contributed by atoms with Crippen molar-refractivity contribution in [1.29, 1.82) is 0 Å². The molecule has 1 aromatic carbocycles. The van der Waals surface area contributed by atoms with E-state index in [-0.39, 0.29) is 18.1 Å². The van der Waals surface area contributed by atoms with E-state index in [0.717, 1.165) is 4.90 Å². The Morgan fingerprint density at radius 1 is 1.24 bits per heavy atom. The minimum atomic E-state index is -0.392. The molecule has 5 nitrogen and oxygen atoms in total. The van der Waals surface area contributed by atoms with Crippen molar-refractivity contribution in [3.8, 4) is 0 Å². The van der Waals surface area contributed by atoms with Crippen LogP contribution in [0, 0.1) is 0 Å². The molecule has 0 aliphatic carbocycles. The van der Waals surface area contributed by atoms with Crippen LogP contribution in [0.25, 0.3) is 0 Å². The first-order valence-electron chi connectivity index (χ1n) is 4.90. The van der Waals surface area contributed by atoms with E-state index in [1.165, 1.54) is 0 Å². The Labute approximate surface area is 102 Å². The lowest BCUT2D eigenvalue weighted by atomic mass is 10.1. The van der Waals surface area contributed by atoms with Crippen LogP contribution in [0.5, 0.6) is 0 Å². The van der Waals surface area contributed by atoms with E-state index in [4.69, 9.17) is 16.8 Å². The van der Waals surface area contributed by atoms with Crippen LogP contribution in [0.15, 0.2) is 29.4 Å². The van der Waals surface area contributed by atoms with Gasteiger partial charge >= 0.3 is 0 Å². The molecule has 2 amide bonds. The van der Waals surface area contributed by atoms with Crippen LogP contribution < -0.4 is 0 Å². The first kappa shape index (κ1) is 11.6. The molecule has 6 heteroatoms. The molecular formula is C11H9ClN2O3. The highest BCUT2D eigenvalue weighted by molar-refractivity contribution is 6.30. The van der Waals surface area contributed by atoms with Crippen molar-refractivity contribution in [1.82, 2.24) is 4.90 Å². The number of amides is 2. The molecule has 17 heavy (non-hydrogen) atoms. The van der Waals surface area contributed by atoms with Gasteiger partial charge in [-0.1, -0.05) is 17.3 Å². The van der Waals surface area contributed by atoms with Crippen LogP contribution in [0.4, 0.5) is 0 Å². The zero-order chi connectivity index (χ0) is 12.4. The molecule has 0 bridgehead atoms. The molecule has 1 N–H and O–H groups in total. The zero-order valence-corrected chi connectivity index (χ0v) is 9.52. The summed E-state index contributed by atoms with van der Waals surface area (Å²) in [6.45, 7) is -0.0909. The van der Waals surface area contributed by atoms with Crippen LogP contribution in [-0.4, -0.2) is 40.1 Å². The summed E-state index contributed by atoms with van der Waals surface area (Å²) in [6, 6.07) is 6.56. The van der Waals surface area contributed by atoms with Gasteiger partial charge in [0.1, 0.15) is 0 Å². The maximum Gasteiger partial charge on any atom is 0.261 e. The summed E-state index contributed by atoms with van der Waals surface area (Å²) < 4.78 is 0. The number of carbonyl (C=O) groups excluding carboxylic acids is 2. The van der Waals surface area contributed by atoms with Gasteiger partial charge < -0.3 is 5.21 Å². The van der Waals surface area contributed by atoms with Crippen molar-refractivity contribution in [2.75, 3.05) is 12.4 Å². The largest absolute Gasteiger partial charge is 0.411 e. The first-order valence-corrected chi connectivity index (χ1v) is 5.43. The summed E-state index contributed by atoms with van der Waals surface area (Å²) in [7, 11) is 0. The van der Waals surface area contributed by atoms with Crippen molar-refractivity contribution >= 4 is 29.1 Å². The molecule has 0 saturated carbocycles. The van der Waals surface area contributed by atoms with E-state index in [0.29, 0.717) is 11.1 Å². The summed E-state index contributed by atoms with van der Waals surface area (Å²) >= 11 is 5.51. The second-order valence-electron chi connectivity index (χ2n) is 3.54. The third-order valence-electron chi connectivity index (χ3n) is 2.51. The summed E-state index contributed by atoms with van der Waals surface area (Å²) in [5.41, 5.74) is 0.898. The number of rotatable bonds is 3. The molecule has 1 heterocycles. The fraction of sp³-hybridized carbons (Fsp3) is 0.182. The van der Waals surface area contributed by atoms with E-state index < -0.39 is 11.8 Å². The molecule has 0 unspecified atom stereocenters. The number of halogens is 1. The van der Waals surface area contributed by atoms with Gasteiger partial charge in [-0.15, -0.1) is 11.6 Å². The third-order valence-corrected chi connectivity index (χ3v) is 2.82. The van der Waals surface area contributed by atoms with Crippen molar-refractivity contribution < 1.29 is 14.8 Å². The molecule has 1 aromatic rings. The minimum absolute atomic E-state index is 0.0378. The normalized spacial score (nSPS) is 15.4. The molecule has 1 aliphatic rings. The lowest BCUT2D eigenvalue weighted by Gasteiger charge is -2.12. The molecular weight excluding hydrogens is 244 g/mol. The maximum atomic E-state index is 11.9. The average Bonchev–Trinajstić information content (AvgIpc) is 2.61. The van der Waals surface area contributed by atoms with Crippen molar-refractivity contribution in [2.45, 2.75) is 0 Å². The van der Waals surface area contributed by atoms with Crippen LogP contribution in [0.3, 0.4) is 0 Å². The monoisotopic (exact) mass is 252 g/mol. The molecule has 1 aliphatic heterocycles. The van der Waals surface area contributed by atoms with E-state index in [9.17, 15) is 9.59 Å². The van der Waals surface area contributed by atoms with Crippen molar-refractivity contribution in [3.63, 3.8) is 0 Å². The molecule has 0 fully saturated rings. The Morgan fingerprint density at radius 2 is 1.76 bits per heavy atom. The first-order chi connectivity index (χ1) is 8.19. The molecule has 88 valence electrons. The molecule has 0 spiro atoms. The van der Waals surface area contributed by atoms with Gasteiger partial charge in [0.05, 0.1) is 29.3 Å². The van der Waals surface area contributed by atoms with Gasteiger partial charge in [-0.3, -0.25) is 14.5 Å². The smallest absolute Gasteiger partial charge is 0.261 e. The van der Waals surface area contributed by atoms with E-state index >= 15 is 0 Å². The topological polar surface area (TPSA) is 70.0 Å². The minimum Gasteiger partial charge on any atom is -0.411 e. The van der Waals surface area contributed by atoms with Crippen LogP contribution in [0.1, 0.15) is 20.7 Å². The van der Waals surface area contributed by atoms with Crippen molar-refractivity contribution in [2.24, 2.45) is 5.16 Å². The standard InChI is InChI=1S/C11H9ClN2O3/c12-5-7(13-17)6-14-10(15)8-3-1-2-4-9(8)11(14)16/h1-4,17H,5-6H2. The average molecular weight is 253 g/mol. The van der Waals surface area contributed by atoms with Gasteiger partial charge in [-0.05, 0) is 12.1 Å². The maximum absolute atomic E-state index is 11.9. The van der Waals surface area contributed by atoms with E-state index in [1.54, 1.807) is 24.3 Å². The molecule has 0 aromatic heterocycles. The Hall–Kier alpha value is -1.88. The number of carbonyl (C=O) groups is 2. The Kier molecular flexibility index (Phi) is 3.10. The Balaban J connectivity index is 2.30. The van der Waals surface area contributed by atoms with E-state index in [2.05, 4.69) is 5.16 Å². The number of hydrogen-bond acceptors (Lipinski definition) is 4. The summed E-state index contributed by atoms with van der Waals surface area (Å²) in [5.74, 6) is -0.821. The molecule has 0 radical (unpaired) electrons. The van der Waals surface area contributed by atoms with Crippen molar-refractivity contribution in [3.05, 3.63) is 35.4 Å². The van der Waals surface area contributed by atoms with Gasteiger partial charge in [0.15, 0.2) is 0 Å². The van der Waals surface area contributed by atoms with Crippen LogP contribution in [0.2, 0.25) is 0 Å². The fourth-order valence-corrected chi connectivity index (χ4v) is 1.80. The fourth-order valence-electron chi connectivity index (χ4n) is 1.67. The third kappa shape index (κ3) is 1.89. The number of benzene rings is 1.